The third-order valence-corrected chi connectivity index (χ3v) is 3.17. The van der Waals surface area contributed by atoms with Gasteiger partial charge in [-0.2, -0.15) is 13.2 Å². The highest BCUT2D eigenvalue weighted by atomic mass is 19.4. The van der Waals surface area contributed by atoms with Gasteiger partial charge in [-0.1, -0.05) is 17.7 Å². The highest BCUT2D eigenvalue weighted by Gasteiger charge is 2.38. The number of anilines is 1. The second-order valence-corrected chi connectivity index (χ2v) is 5.02. The SMILES string of the molecule is Cc1cccc(-c2nc3cc(NC(=O)C(F)(F)F)ccc3o2)c1. The van der Waals surface area contributed by atoms with Crippen LogP contribution in [0.25, 0.3) is 22.6 Å². The molecule has 0 fully saturated rings. The van der Waals surface area contributed by atoms with Crippen LogP contribution < -0.4 is 5.32 Å². The predicted octanol–water partition coefficient (Wildman–Crippen LogP) is 4.30. The van der Waals surface area contributed by atoms with E-state index in [0.29, 0.717) is 17.0 Å². The number of carbonyl (C=O) groups excluding carboxylic acids is 1. The van der Waals surface area contributed by atoms with Gasteiger partial charge < -0.3 is 9.73 Å². The Labute approximate surface area is 128 Å². The van der Waals surface area contributed by atoms with E-state index in [0.717, 1.165) is 11.1 Å². The average Bonchev–Trinajstić information content (AvgIpc) is 2.89. The zero-order chi connectivity index (χ0) is 16.6. The number of rotatable bonds is 2. The fourth-order valence-electron chi connectivity index (χ4n) is 2.11. The van der Waals surface area contributed by atoms with Crippen molar-refractivity contribution in [1.29, 1.82) is 0 Å². The highest BCUT2D eigenvalue weighted by molar-refractivity contribution is 5.96. The van der Waals surface area contributed by atoms with Crippen LogP contribution in [0.15, 0.2) is 46.9 Å². The summed E-state index contributed by atoms with van der Waals surface area (Å²) >= 11 is 0. The van der Waals surface area contributed by atoms with E-state index in [1.54, 1.807) is 5.32 Å². The van der Waals surface area contributed by atoms with Crippen LogP contribution in [0.3, 0.4) is 0 Å². The van der Waals surface area contributed by atoms with Gasteiger partial charge in [-0.15, -0.1) is 0 Å². The van der Waals surface area contributed by atoms with Crippen LogP contribution in [-0.4, -0.2) is 17.1 Å². The summed E-state index contributed by atoms with van der Waals surface area (Å²) in [7, 11) is 0. The third kappa shape index (κ3) is 3.18. The zero-order valence-corrected chi connectivity index (χ0v) is 11.9. The molecule has 1 amide bonds. The maximum Gasteiger partial charge on any atom is 0.471 e. The molecule has 1 N–H and O–H groups in total. The smallest absolute Gasteiger partial charge is 0.436 e. The predicted molar refractivity (Wildman–Crippen MR) is 78.9 cm³/mol. The van der Waals surface area contributed by atoms with Crippen LogP contribution >= 0.6 is 0 Å². The summed E-state index contributed by atoms with van der Waals surface area (Å²) in [5, 5.41) is 1.79. The lowest BCUT2D eigenvalue weighted by Gasteiger charge is -2.07. The number of fused-ring (bicyclic) bond motifs is 1. The maximum atomic E-state index is 12.3. The van der Waals surface area contributed by atoms with Gasteiger partial charge in [0.2, 0.25) is 5.89 Å². The Balaban J connectivity index is 1.94. The molecule has 23 heavy (non-hydrogen) atoms. The molecule has 4 nitrogen and oxygen atoms in total. The number of oxazole rings is 1. The summed E-state index contributed by atoms with van der Waals surface area (Å²) in [6.45, 7) is 1.93. The van der Waals surface area contributed by atoms with Gasteiger partial charge in [-0.25, -0.2) is 4.98 Å². The summed E-state index contributed by atoms with van der Waals surface area (Å²) in [6.07, 6.45) is -4.94. The van der Waals surface area contributed by atoms with Crippen molar-refractivity contribution in [1.82, 2.24) is 4.98 Å². The molecule has 0 saturated carbocycles. The van der Waals surface area contributed by atoms with E-state index >= 15 is 0 Å². The minimum absolute atomic E-state index is 0.00363. The molecule has 0 aliphatic carbocycles. The van der Waals surface area contributed by atoms with Crippen molar-refractivity contribution in [2.24, 2.45) is 0 Å². The Bertz CT molecular complexity index is 884. The van der Waals surface area contributed by atoms with Gasteiger partial charge in [-0.05, 0) is 37.3 Å². The first-order chi connectivity index (χ1) is 10.8. The number of amides is 1. The molecular formula is C16H11F3N2O2. The Morgan fingerprint density at radius 1 is 1.17 bits per heavy atom. The van der Waals surface area contributed by atoms with E-state index in [1.807, 2.05) is 31.2 Å². The first-order valence-corrected chi connectivity index (χ1v) is 6.69. The number of aromatic nitrogens is 1. The van der Waals surface area contributed by atoms with Gasteiger partial charge in [-0.3, -0.25) is 4.79 Å². The molecule has 0 aliphatic rings. The van der Waals surface area contributed by atoms with E-state index in [-0.39, 0.29) is 5.69 Å². The molecule has 7 heteroatoms. The Kier molecular flexibility index (Phi) is 3.55. The van der Waals surface area contributed by atoms with Crippen LogP contribution in [0.1, 0.15) is 5.56 Å². The van der Waals surface area contributed by atoms with Crippen LogP contribution in [0.5, 0.6) is 0 Å². The molecule has 3 aromatic rings. The number of nitrogens with zero attached hydrogens (tertiary/aromatic N) is 1. The minimum atomic E-state index is -4.94. The van der Waals surface area contributed by atoms with Crippen molar-refractivity contribution < 1.29 is 22.4 Å². The van der Waals surface area contributed by atoms with Gasteiger partial charge in [0.1, 0.15) is 5.52 Å². The van der Waals surface area contributed by atoms with E-state index in [9.17, 15) is 18.0 Å². The summed E-state index contributed by atoms with van der Waals surface area (Å²) in [6, 6.07) is 11.6. The molecule has 0 atom stereocenters. The first kappa shape index (κ1) is 15.1. The maximum absolute atomic E-state index is 12.3. The first-order valence-electron chi connectivity index (χ1n) is 6.69. The van der Waals surface area contributed by atoms with E-state index < -0.39 is 12.1 Å². The molecular weight excluding hydrogens is 309 g/mol. The molecule has 0 spiro atoms. The van der Waals surface area contributed by atoms with Crippen LogP contribution in [0.2, 0.25) is 0 Å². The number of nitrogens with one attached hydrogen (secondary N) is 1. The van der Waals surface area contributed by atoms with Crippen LogP contribution in [0, 0.1) is 6.92 Å². The van der Waals surface area contributed by atoms with Crippen molar-refractivity contribution in [3.05, 3.63) is 48.0 Å². The molecule has 0 unspecified atom stereocenters. The van der Waals surface area contributed by atoms with E-state index in [2.05, 4.69) is 4.98 Å². The van der Waals surface area contributed by atoms with Gasteiger partial charge >= 0.3 is 12.1 Å². The fraction of sp³-hybridized carbons (Fsp3) is 0.125. The molecule has 2 aromatic carbocycles. The standard InChI is InChI=1S/C16H11F3N2O2/c1-9-3-2-4-10(7-9)14-21-12-8-11(5-6-13(12)23-14)20-15(22)16(17,18)19/h2-8H,1H3,(H,20,22). The van der Waals surface area contributed by atoms with Crippen LogP contribution in [0.4, 0.5) is 18.9 Å². The monoisotopic (exact) mass is 320 g/mol. The summed E-state index contributed by atoms with van der Waals surface area (Å²) in [5.41, 5.74) is 2.59. The quantitative estimate of drug-likeness (QED) is 0.766. The normalized spacial score (nSPS) is 11.7. The second-order valence-electron chi connectivity index (χ2n) is 5.02. The number of aryl methyl sites for hydroxylation is 1. The van der Waals surface area contributed by atoms with E-state index in [1.165, 1.54) is 18.2 Å². The van der Waals surface area contributed by atoms with Crippen molar-refractivity contribution in [3.8, 4) is 11.5 Å². The van der Waals surface area contributed by atoms with Crippen molar-refractivity contribution in [2.75, 3.05) is 5.32 Å². The van der Waals surface area contributed by atoms with Gasteiger partial charge in [0.15, 0.2) is 5.58 Å². The highest BCUT2D eigenvalue weighted by Crippen LogP contribution is 2.27. The molecule has 0 aliphatic heterocycles. The number of alkyl halides is 3. The topological polar surface area (TPSA) is 55.1 Å². The number of carbonyl (C=O) groups is 1. The summed E-state index contributed by atoms with van der Waals surface area (Å²) < 4.78 is 42.4. The lowest BCUT2D eigenvalue weighted by Crippen LogP contribution is -2.29. The average molecular weight is 320 g/mol. The van der Waals surface area contributed by atoms with Gasteiger partial charge in [0.05, 0.1) is 0 Å². The van der Waals surface area contributed by atoms with Crippen LogP contribution in [-0.2, 0) is 4.79 Å². The third-order valence-electron chi connectivity index (χ3n) is 3.17. The second kappa shape index (κ2) is 5.42. The summed E-state index contributed by atoms with van der Waals surface area (Å²) in [4.78, 5) is 15.2. The number of hydrogen-bond donors (Lipinski definition) is 1. The largest absolute Gasteiger partial charge is 0.471 e. The minimum Gasteiger partial charge on any atom is -0.436 e. The molecule has 118 valence electrons. The van der Waals surface area contributed by atoms with Crippen molar-refractivity contribution >= 4 is 22.7 Å². The zero-order valence-electron chi connectivity index (χ0n) is 11.9. The molecule has 0 radical (unpaired) electrons. The molecule has 1 heterocycles. The Morgan fingerprint density at radius 2 is 1.96 bits per heavy atom. The summed E-state index contributed by atoms with van der Waals surface area (Å²) in [5.74, 6) is -1.66. The van der Waals surface area contributed by atoms with Crippen molar-refractivity contribution in [3.63, 3.8) is 0 Å². The van der Waals surface area contributed by atoms with Gasteiger partial charge in [0, 0.05) is 11.3 Å². The number of halogens is 3. The Morgan fingerprint density at radius 3 is 2.65 bits per heavy atom. The fourth-order valence-corrected chi connectivity index (χ4v) is 2.11. The molecule has 0 saturated heterocycles. The van der Waals surface area contributed by atoms with E-state index in [4.69, 9.17) is 4.42 Å². The lowest BCUT2D eigenvalue weighted by atomic mass is 10.1. The molecule has 3 rings (SSSR count). The molecule has 1 aromatic heterocycles. The number of hydrogen-bond acceptors (Lipinski definition) is 3. The number of benzene rings is 2. The van der Waals surface area contributed by atoms with Crippen molar-refractivity contribution in [2.45, 2.75) is 13.1 Å². The lowest BCUT2D eigenvalue weighted by molar-refractivity contribution is -0.167. The Hall–Kier alpha value is -2.83. The molecule has 0 bridgehead atoms. The van der Waals surface area contributed by atoms with Gasteiger partial charge in [0.25, 0.3) is 0 Å².